The van der Waals surface area contributed by atoms with Crippen LogP contribution in [0, 0.1) is 12.3 Å². The van der Waals surface area contributed by atoms with E-state index in [0.717, 1.165) is 23.2 Å². The lowest BCUT2D eigenvalue weighted by Crippen LogP contribution is -2.29. The molecule has 156 valence electrons. The molecule has 0 spiro atoms. The summed E-state index contributed by atoms with van der Waals surface area (Å²) in [6.45, 7) is 6.58. The SMILES string of the molecule is COc1ccc(CCN(C)C(=O)c2[nH]c3c(c2C)C(=O)CC(C)(C)C3)cc1OC. The van der Waals surface area contributed by atoms with Crippen LogP contribution >= 0.6 is 0 Å². The van der Waals surface area contributed by atoms with Gasteiger partial charge in [-0.25, -0.2) is 0 Å². The van der Waals surface area contributed by atoms with E-state index in [1.54, 1.807) is 26.2 Å². The lowest BCUT2D eigenvalue weighted by Gasteiger charge is -2.28. The standard InChI is InChI=1S/C23H30N2O4/c1-14-20-16(12-23(2,3)13-17(20)26)24-21(14)22(27)25(4)10-9-15-7-8-18(28-5)19(11-15)29-6/h7-8,11,24H,9-10,12-13H2,1-6H3. The van der Waals surface area contributed by atoms with E-state index < -0.39 is 0 Å². The van der Waals surface area contributed by atoms with Gasteiger partial charge in [-0.05, 0) is 48.4 Å². The Morgan fingerprint density at radius 3 is 2.52 bits per heavy atom. The summed E-state index contributed by atoms with van der Waals surface area (Å²) < 4.78 is 10.6. The van der Waals surface area contributed by atoms with Gasteiger partial charge in [0.1, 0.15) is 5.69 Å². The maximum absolute atomic E-state index is 13.0. The molecule has 0 fully saturated rings. The highest BCUT2D eigenvalue weighted by Gasteiger charge is 2.35. The van der Waals surface area contributed by atoms with Crippen molar-refractivity contribution >= 4 is 11.7 Å². The minimum atomic E-state index is -0.0945. The van der Waals surface area contributed by atoms with Gasteiger partial charge in [0.25, 0.3) is 5.91 Å². The van der Waals surface area contributed by atoms with E-state index in [2.05, 4.69) is 18.8 Å². The van der Waals surface area contributed by atoms with Crippen LogP contribution in [0.15, 0.2) is 18.2 Å². The minimum absolute atomic E-state index is 0.0823. The average Bonchev–Trinajstić information content (AvgIpc) is 3.00. The molecule has 0 saturated carbocycles. The maximum atomic E-state index is 13.0. The summed E-state index contributed by atoms with van der Waals surface area (Å²) >= 11 is 0. The van der Waals surface area contributed by atoms with Crippen LogP contribution in [-0.2, 0) is 12.8 Å². The lowest BCUT2D eigenvalue weighted by molar-refractivity contribution is 0.0790. The fraction of sp³-hybridized carbons (Fsp3) is 0.478. The number of carbonyl (C=O) groups excluding carboxylic acids is 2. The summed E-state index contributed by atoms with van der Waals surface area (Å²) in [5, 5.41) is 0. The molecule has 0 aliphatic heterocycles. The van der Waals surface area contributed by atoms with Crippen molar-refractivity contribution in [2.75, 3.05) is 27.8 Å². The number of aromatic nitrogens is 1. The van der Waals surface area contributed by atoms with E-state index in [1.165, 1.54) is 0 Å². The quantitative estimate of drug-likeness (QED) is 0.803. The Balaban J connectivity index is 1.74. The van der Waals surface area contributed by atoms with Gasteiger partial charge in [0.05, 0.1) is 14.2 Å². The number of hydrogen-bond donors (Lipinski definition) is 1. The summed E-state index contributed by atoms with van der Waals surface area (Å²) in [7, 11) is 5.00. The van der Waals surface area contributed by atoms with Crippen LogP contribution in [0.3, 0.4) is 0 Å². The third-order valence-corrected chi connectivity index (χ3v) is 5.65. The molecule has 0 bridgehead atoms. The van der Waals surface area contributed by atoms with Crippen LogP contribution in [0.2, 0.25) is 0 Å². The molecule has 6 heteroatoms. The molecule has 3 rings (SSSR count). The van der Waals surface area contributed by atoms with Crippen LogP contribution in [-0.4, -0.2) is 49.4 Å². The molecule has 0 unspecified atom stereocenters. The number of benzene rings is 1. The predicted molar refractivity (Wildman–Crippen MR) is 112 cm³/mol. The first-order chi connectivity index (χ1) is 13.7. The number of H-pyrrole nitrogens is 1. The number of rotatable bonds is 6. The molecule has 0 radical (unpaired) electrons. The number of Topliss-reactive ketones (excluding diaryl/α,β-unsaturated/α-hetero) is 1. The monoisotopic (exact) mass is 398 g/mol. The second-order valence-electron chi connectivity index (χ2n) is 8.59. The highest BCUT2D eigenvalue weighted by atomic mass is 16.5. The number of hydrogen-bond acceptors (Lipinski definition) is 4. The van der Waals surface area contributed by atoms with Crippen LogP contribution in [0.25, 0.3) is 0 Å². The van der Waals surface area contributed by atoms with Crippen molar-refractivity contribution in [1.29, 1.82) is 0 Å². The topological polar surface area (TPSA) is 71.6 Å². The molecule has 29 heavy (non-hydrogen) atoms. The molecule has 1 aromatic heterocycles. The lowest BCUT2D eigenvalue weighted by atomic mass is 9.75. The van der Waals surface area contributed by atoms with E-state index in [9.17, 15) is 9.59 Å². The molecule has 6 nitrogen and oxygen atoms in total. The molecular weight excluding hydrogens is 368 g/mol. The fourth-order valence-corrected chi connectivity index (χ4v) is 4.07. The van der Waals surface area contributed by atoms with E-state index in [-0.39, 0.29) is 17.1 Å². The molecule has 0 saturated heterocycles. The summed E-state index contributed by atoms with van der Waals surface area (Å²) in [4.78, 5) is 30.6. The van der Waals surface area contributed by atoms with Crippen LogP contribution < -0.4 is 9.47 Å². The Bertz CT molecular complexity index is 943. The van der Waals surface area contributed by atoms with Gasteiger partial charge < -0.3 is 19.4 Å². The van der Waals surface area contributed by atoms with Gasteiger partial charge in [0.15, 0.2) is 17.3 Å². The van der Waals surface area contributed by atoms with Gasteiger partial charge in [0.2, 0.25) is 0 Å². The van der Waals surface area contributed by atoms with Gasteiger partial charge in [-0.15, -0.1) is 0 Å². The van der Waals surface area contributed by atoms with Gasteiger partial charge >= 0.3 is 0 Å². The number of nitrogens with zero attached hydrogens (tertiary/aromatic N) is 1. The van der Waals surface area contributed by atoms with Crippen LogP contribution in [0.1, 0.15) is 57.9 Å². The summed E-state index contributed by atoms with van der Waals surface area (Å²) in [5.41, 5.74) is 3.86. The average molecular weight is 399 g/mol. The van der Waals surface area contributed by atoms with Crippen molar-refractivity contribution in [3.8, 4) is 11.5 Å². The zero-order valence-electron chi connectivity index (χ0n) is 18.1. The molecule has 1 N–H and O–H groups in total. The molecule has 2 aromatic rings. The number of methoxy groups -OCH3 is 2. The van der Waals surface area contributed by atoms with Crippen molar-refractivity contribution in [3.63, 3.8) is 0 Å². The van der Waals surface area contributed by atoms with E-state index in [0.29, 0.717) is 42.1 Å². The maximum Gasteiger partial charge on any atom is 0.270 e. The molecule has 1 aromatic carbocycles. The number of fused-ring (bicyclic) bond motifs is 1. The molecule has 1 amide bonds. The Labute approximate surface area is 172 Å². The molecule has 1 heterocycles. The first-order valence-corrected chi connectivity index (χ1v) is 9.88. The van der Waals surface area contributed by atoms with Crippen LogP contribution in [0.4, 0.5) is 0 Å². The number of ether oxygens (including phenoxy) is 2. The normalized spacial score (nSPS) is 15.0. The predicted octanol–water partition coefficient (Wildman–Crippen LogP) is 3.81. The van der Waals surface area contributed by atoms with Gasteiger partial charge in [-0.3, -0.25) is 9.59 Å². The summed E-state index contributed by atoms with van der Waals surface area (Å²) in [5.74, 6) is 1.38. The number of aromatic amines is 1. The number of nitrogens with one attached hydrogen (secondary N) is 1. The fourth-order valence-electron chi connectivity index (χ4n) is 4.07. The van der Waals surface area contributed by atoms with Crippen molar-refractivity contribution in [3.05, 3.63) is 46.3 Å². The first kappa shape index (κ1) is 21.0. The van der Waals surface area contributed by atoms with Crippen molar-refractivity contribution in [2.24, 2.45) is 5.41 Å². The van der Waals surface area contributed by atoms with Crippen molar-refractivity contribution in [1.82, 2.24) is 9.88 Å². The smallest absolute Gasteiger partial charge is 0.270 e. The van der Waals surface area contributed by atoms with E-state index in [4.69, 9.17) is 9.47 Å². The molecule has 1 aliphatic rings. The zero-order chi connectivity index (χ0) is 21.3. The molecular formula is C23H30N2O4. The second-order valence-corrected chi connectivity index (χ2v) is 8.59. The number of likely N-dealkylation sites (N-methyl/N-ethyl adjacent to an activating group) is 1. The van der Waals surface area contributed by atoms with Crippen molar-refractivity contribution < 1.29 is 19.1 Å². The second kappa shape index (κ2) is 7.93. The summed E-state index contributed by atoms with van der Waals surface area (Å²) in [6.07, 6.45) is 1.98. The molecule has 0 atom stereocenters. The van der Waals surface area contributed by atoms with Gasteiger partial charge in [0, 0.05) is 31.3 Å². The third-order valence-electron chi connectivity index (χ3n) is 5.65. The Kier molecular flexibility index (Phi) is 5.73. The highest BCUT2D eigenvalue weighted by molar-refractivity contribution is 6.04. The minimum Gasteiger partial charge on any atom is -0.493 e. The number of ketones is 1. The Hall–Kier alpha value is -2.76. The highest BCUT2D eigenvalue weighted by Crippen LogP contribution is 2.37. The Morgan fingerprint density at radius 1 is 1.17 bits per heavy atom. The van der Waals surface area contributed by atoms with E-state index >= 15 is 0 Å². The largest absolute Gasteiger partial charge is 0.493 e. The third kappa shape index (κ3) is 4.16. The zero-order valence-corrected chi connectivity index (χ0v) is 18.1. The van der Waals surface area contributed by atoms with Gasteiger partial charge in [-0.1, -0.05) is 19.9 Å². The van der Waals surface area contributed by atoms with Crippen molar-refractivity contribution in [2.45, 2.75) is 40.0 Å². The number of carbonyl (C=O) groups is 2. The summed E-state index contributed by atoms with van der Waals surface area (Å²) in [6, 6.07) is 5.77. The Morgan fingerprint density at radius 2 is 1.86 bits per heavy atom. The van der Waals surface area contributed by atoms with Crippen LogP contribution in [0.5, 0.6) is 11.5 Å². The number of amides is 1. The molecule has 1 aliphatic carbocycles. The first-order valence-electron chi connectivity index (χ1n) is 9.88. The van der Waals surface area contributed by atoms with Gasteiger partial charge in [-0.2, -0.15) is 0 Å². The van der Waals surface area contributed by atoms with E-state index in [1.807, 2.05) is 25.1 Å².